The SMILES string of the molecule is CCC(C(=O)c1ccc(Cl)cc1)n1ncn(-c2ccc(N3CCN(c4cccc(C(F)(F)F)c4)CC3)nc2)c1=O. The van der Waals surface area contributed by atoms with Crippen LogP contribution in [0.3, 0.4) is 0 Å². The first-order valence-corrected chi connectivity index (χ1v) is 13.1. The fraction of sp³-hybridized carbons (Fsp3) is 0.286. The molecule has 1 unspecified atom stereocenters. The van der Waals surface area contributed by atoms with Crippen LogP contribution in [0.25, 0.3) is 5.69 Å². The van der Waals surface area contributed by atoms with Crippen LogP contribution in [0.5, 0.6) is 0 Å². The van der Waals surface area contributed by atoms with Gasteiger partial charge in [-0.15, -0.1) is 0 Å². The zero-order valence-electron chi connectivity index (χ0n) is 21.6. The number of benzene rings is 2. The normalized spacial score (nSPS) is 14.8. The topological polar surface area (TPSA) is 76.3 Å². The van der Waals surface area contributed by atoms with Crippen LogP contribution in [0.15, 0.2) is 78.0 Å². The van der Waals surface area contributed by atoms with Crippen LogP contribution in [-0.2, 0) is 6.18 Å². The highest BCUT2D eigenvalue weighted by Gasteiger charge is 2.31. The molecule has 0 bridgehead atoms. The summed E-state index contributed by atoms with van der Waals surface area (Å²) in [6, 6.07) is 14.6. The maximum absolute atomic E-state index is 13.2. The number of nitrogens with zero attached hydrogens (tertiary/aromatic N) is 6. The van der Waals surface area contributed by atoms with E-state index in [1.165, 1.54) is 27.7 Å². The molecule has 0 amide bonds. The van der Waals surface area contributed by atoms with Crippen LogP contribution >= 0.6 is 11.6 Å². The molecular weight excluding hydrogens is 545 g/mol. The van der Waals surface area contributed by atoms with Crippen LogP contribution in [0.2, 0.25) is 5.02 Å². The van der Waals surface area contributed by atoms with E-state index in [1.54, 1.807) is 48.7 Å². The first-order valence-electron chi connectivity index (χ1n) is 12.7. The second-order valence-corrected chi connectivity index (χ2v) is 9.86. The predicted molar refractivity (Wildman–Crippen MR) is 147 cm³/mol. The fourth-order valence-corrected chi connectivity index (χ4v) is 4.89. The molecule has 0 spiro atoms. The van der Waals surface area contributed by atoms with Crippen molar-refractivity contribution in [1.29, 1.82) is 0 Å². The molecule has 1 aliphatic rings. The van der Waals surface area contributed by atoms with E-state index < -0.39 is 23.5 Å². The number of hydrogen-bond donors (Lipinski definition) is 0. The Hall–Kier alpha value is -4.12. The van der Waals surface area contributed by atoms with Crippen molar-refractivity contribution in [1.82, 2.24) is 19.3 Å². The molecule has 1 atom stereocenters. The molecule has 5 rings (SSSR count). The van der Waals surface area contributed by atoms with Crippen molar-refractivity contribution in [3.63, 3.8) is 0 Å². The molecule has 1 fully saturated rings. The standard InChI is InChI=1S/C28H26ClF3N6O2/c1-2-24(26(39)19-6-8-21(29)9-7-19)38-27(40)37(18-34-38)23-10-11-25(33-17-23)36-14-12-35(13-15-36)22-5-3-4-20(16-22)28(30,31)32/h3-11,16-18,24H,2,12-15H2,1H3. The Morgan fingerprint density at radius 1 is 0.975 bits per heavy atom. The van der Waals surface area contributed by atoms with Gasteiger partial charge in [-0.1, -0.05) is 24.6 Å². The minimum absolute atomic E-state index is 0.232. The van der Waals surface area contributed by atoms with E-state index in [0.29, 0.717) is 60.4 Å². The summed E-state index contributed by atoms with van der Waals surface area (Å²) in [6.07, 6.45) is -1.08. The lowest BCUT2D eigenvalue weighted by Gasteiger charge is -2.37. The lowest BCUT2D eigenvalue weighted by atomic mass is 10.0. The van der Waals surface area contributed by atoms with Gasteiger partial charge in [0.05, 0.1) is 17.4 Å². The minimum Gasteiger partial charge on any atom is -0.368 e. The summed E-state index contributed by atoms with van der Waals surface area (Å²) in [5, 5.41) is 4.72. The Bertz CT molecular complexity index is 1540. The summed E-state index contributed by atoms with van der Waals surface area (Å²) >= 11 is 5.93. The summed E-state index contributed by atoms with van der Waals surface area (Å²) in [5.74, 6) is 0.460. The van der Waals surface area contributed by atoms with Crippen molar-refractivity contribution in [2.24, 2.45) is 0 Å². The van der Waals surface area contributed by atoms with Crippen LogP contribution < -0.4 is 15.5 Å². The lowest BCUT2D eigenvalue weighted by molar-refractivity contribution is -0.137. The van der Waals surface area contributed by atoms with E-state index in [1.807, 2.05) is 16.7 Å². The highest BCUT2D eigenvalue weighted by atomic mass is 35.5. The highest BCUT2D eigenvalue weighted by molar-refractivity contribution is 6.30. The van der Waals surface area contributed by atoms with Gasteiger partial charge < -0.3 is 9.80 Å². The average Bonchev–Trinajstić information content (AvgIpc) is 3.34. The quantitative estimate of drug-likeness (QED) is 0.282. The van der Waals surface area contributed by atoms with Gasteiger partial charge in [0.25, 0.3) is 0 Å². The van der Waals surface area contributed by atoms with E-state index in [0.717, 1.165) is 6.07 Å². The zero-order valence-corrected chi connectivity index (χ0v) is 22.3. The van der Waals surface area contributed by atoms with Crippen molar-refractivity contribution < 1.29 is 18.0 Å². The molecule has 8 nitrogen and oxygen atoms in total. The molecule has 3 heterocycles. The fourth-order valence-electron chi connectivity index (χ4n) is 4.76. The third-order valence-corrected chi connectivity index (χ3v) is 7.21. The molecular formula is C28H26ClF3N6O2. The van der Waals surface area contributed by atoms with Gasteiger partial charge in [-0.05, 0) is 61.0 Å². The molecule has 0 radical (unpaired) electrons. The second-order valence-electron chi connectivity index (χ2n) is 9.42. The summed E-state index contributed by atoms with van der Waals surface area (Å²) < 4.78 is 41.8. The Balaban J connectivity index is 1.27. The lowest BCUT2D eigenvalue weighted by Crippen LogP contribution is -2.46. The summed E-state index contributed by atoms with van der Waals surface area (Å²) in [4.78, 5) is 34.7. The van der Waals surface area contributed by atoms with Crippen LogP contribution in [0.1, 0.15) is 35.3 Å². The van der Waals surface area contributed by atoms with Crippen molar-refractivity contribution in [3.05, 3.63) is 99.8 Å². The Labute approximate surface area is 233 Å². The summed E-state index contributed by atoms with van der Waals surface area (Å²) in [6.45, 7) is 4.04. The van der Waals surface area contributed by atoms with Crippen molar-refractivity contribution in [2.45, 2.75) is 25.6 Å². The molecule has 1 saturated heterocycles. The molecule has 208 valence electrons. The molecule has 2 aromatic carbocycles. The maximum atomic E-state index is 13.2. The van der Waals surface area contributed by atoms with Crippen LogP contribution in [0, 0.1) is 0 Å². The number of ketones is 1. The number of alkyl halides is 3. The molecule has 2 aromatic heterocycles. The van der Waals surface area contributed by atoms with E-state index in [9.17, 15) is 22.8 Å². The average molecular weight is 571 g/mol. The number of aromatic nitrogens is 4. The van der Waals surface area contributed by atoms with Gasteiger partial charge in [0.1, 0.15) is 18.2 Å². The smallest absolute Gasteiger partial charge is 0.368 e. The van der Waals surface area contributed by atoms with Gasteiger partial charge in [0.15, 0.2) is 5.78 Å². The van der Waals surface area contributed by atoms with Gasteiger partial charge in [0.2, 0.25) is 0 Å². The van der Waals surface area contributed by atoms with Gasteiger partial charge in [-0.3, -0.25) is 4.79 Å². The van der Waals surface area contributed by atoms with Gasteiger partial charge >= 0.3 is 11.9 Å². The van der Waals surface area contributed by atoms with E-state index in [4.69, 9.17) is 11.6 Å². The summed E-state index contributed by atoms with van der Waals surface area (Å²) in [5.41, 5.74) is 0.351. The Morgan fingerprint density at radius 3 is 2.30 bits per heavy atom. The number of hydrogen-bond acceptors (Lipinski definition) is 6. The highest BCUT2D eigenvalue weighted by Crippen LogP contribution is 2.32. The third kappa shape index (κ3) is 5.60. The van der Waals surface area contributed by atoms with Crippen molar-refractivity contribution in [3.8, 4) is 5.69 Å². The number of anilines is 2. The van der Waals surface area contributed by atoms with Crippen LogP contribution in [0.4, 0.5) is 24.7 Å². The molecule has 12 heteroatoms. The largest absolute Gasteiger partial charge is 0.416 e. The van der Waals surface area contributed by atoms with Gasteiger partial charge in [-0.2, -0.15) is 18.3 Å². The van der Waals surface area contributed by atoms with Crippen LogP contribution in [-0.4, -0.2) is 51.3 Å². The minimum atomic E-state index is -4.38. The molecule has 4 aromatic rings. The molecule has 0 saturated carbocycles. The molecule has 40 heavy (non-hydrogen) atoms. The third-order valence-electron chi connectivity index (χ3n) is 6.96. The number of carbonyl (C=O) groups excluding carboxylic acids is 1. The zero-order chi connectivity index (χ0) is 28.4. The maximum Gasteiger partial charge on any atom is 0.416 e. The first kappa shape index (κ1) is 27.4. The van der Waals surface area contributed by atoms with Crippen molar-refractivity contribution >= 4 is 28.9 Å². The van der Waals surface area contributed by atoms with E-state index in [-0.39, 0.29) is 5.78 Å². The van der Waals surface area contributed by atoms with Crippen molar-refractivity contribution in [2.75, 3.05) is 36.0 Å². The monoisotopic (exact) mass is 570 g/mol. The first-order chi connectivity index (χ1) is 19.2. The number of halogens is 4. The van der Waals surface area contributed by atoms with Gasteiger partial charge in [-0.25, -0.2) is 19.0 Å². The number of pyridine rings is 1. The number of piperazine rings is 1. The summed E-state index contributed by atoms with van der Waals surface area (Å²) in [7, 11) is 0. The van der Waals surface area contributed by atoms with E-state index >= 15 is 0 Å². The van der Waals surface area contributed by atoms with E-state index in [2.05, 4.69) is 10.1 Å². The van der Waals surface area contributed by atoms with Gasteiger partial charge in [0, 0.05) is 42.5 Å². The molecule has 0 N–H and O–H groups in total. The Morgan fingerprint density at radius 2 is 1.68 bits per heavy atom. The molecule has 1 aliphatic heterocycles. The molecule has 0 aliphatic carbocycles. The predicted octanol–water partition coefficient (Wildman–Crippen LogP) is 5.26. The number of carbonyl (C=O) groups is 1. The number of rotatable bonds is 7. The second kappa shape index (κ2) is 11.2. The Kier molecular flexibility index (Phi) is 7.66. The number of Topliss-reactive ketones (excluding diaryl/α,β-unsaturated/α-hetero) is 1.